The standard InChI is InChI=1S/C2H3N.CHF3O3S.Cu/c1-2-3;2-1(3,4)8(5,6)7;/h1H3;(H,5,6,7);/q;;+1/p-1. The van der Waals surface area contributed by atoms with E-state index >= 15 is 0 Å². The summed E-state index contributed by atoms with van der Waals surface area (Å²) >= 11 is 0. The summed E-state index contributed by atoms with van der Waals surface area (Å²) < 4.78 is 58.9. The first kappa shape index (κ1) is 17.7. The first-order valence-corrected chi connectivity index (χ1v) is 3.40. The number of rotatable bonds is 0. The van der Waals surface area contributed by atoms with Crippen molar-refractivity contribution < 1.29 is 43.2 Å². The van der Waals surface area contributed by atoms with Crippen molar-refractivity contribution in [3.63, 3.8) is 0 Å². The average Bonchev–Trinajstić information content (AvgIpc) is 1.60. The second-order valence-corrected chi connectivity index (χ2v) is 2.49. The Balaban J connectivity index is -0.000000177. The summed E-state index contributed by atoms with van der Waals surface area (Å²) in [5.41, 5.74) is -5.65. The maximum atomic E-state index is 10.7. The van der Waals surface area contributed by atoms with Crippen molar-refractivity contribution in [3.8, 4) is 6.07 Å². The number of nitrogens with zero attached hydrogens (tertiary/aromatic N) is 1. The minimum Gasteiger partial charge on any atom is -0.741 e. The summed E-state index contributed by atoms with van der Waals surface area (Å²) in [5.74, 6) is 0. The average molecular weight is 254 g/mol. The summed E-state index contributed by atoms with van der Waals surface area (Å²) in [7, 11) is -6.09. The van der Waals surface area contributed by atoms with Gasteiger partial charge in [0.25, 0.3) is 0 Å². The topological polar surface area (TPSA) is 81.0 Å². The van der Waals surface area contributed by atoms with Crippen LogP contribution in [0.15, 0.2) is 0 Å². The Kier molecular flexibility index (Phi) is 9.22. The molecule has 0 unspecified atom stereocenters. The van der Waals surface area contributed by atoms with E-state index in [1.54, 1.807) is 6.07 Å². The smallest absolute Gasteiger partial charge is 0.741 e. The summed E-state index contributed by atoms with van der Waals surface area (Å²) in [6.07, 6.45) is 0. The van der Waals surface area contributed by atoms with Crippen LogP contribution in [0, 0.1) is 11.3 Å². The van der Waals surface area contributed by atoms with Gasteiger partial charge >= 0.3 is 22.6 Å². The molecule has 12 heavy (non-hydrogen) atoms. The van der Waals surface area contributed by atoms with Crippen LogP contribution in [0.1, 0.15) is 6.92 Å². The Hall–Kier alpha value is -0.291. The Morgan fingerprint density at radius 1 is 1.42 bits per heavy atom. The molecule has 9 heteroatoms. The molecular formula is C3H3CuF3NO3S. The third-order valence-electron chi connectivity index (χ3n) is 0.283. The van der Waals surface area contributed by atoms with Crippen LogP contribution in [0.5, 0.6) is 0 Å². The van der Waals surface area contributed by atoms with Crippen LogP contribution >= 0.6 is 0 Å². The van der Waals surface area contributed by atoms with E-state index in [0.29, 0.717) is 0 Å². The maximum absolute atomic E-state index is 10.7. The molecule has 0 aromatic carbocycles. The van der Waals surface area contributed by atoms with Crippen LogP contribution in [0.2, 0.25) is 0 Å². The fourth-order valence-electron chi connectivity index (χ4n) is 0. The van der Waals surface area contributed by atoms with E-state index in [4.69, 9.17) is 18.2 Å². The fraction of sp³-hybridized carbons (Fsp3) is 0.667. The van der Waals surface area contributed by atoms with Crippen LogP contribution in [0.25, 0.3) is 0 Å². The van der Waals surface area contributed by atoms with Gasteiger partial charge in [-0.15, -0.1) is 0 Å². The number of halogens is 3. The molecule has 0 atom stereocenters. The van der Waals surface area contributed by atoms with E-state index in [-0.39, 0.29) is 17.1 Å². The first-order valence-electron chi connectivity index (χ1n) is 1.99. The molecule has 0 aromatic rings. The van der Waals surface area contributed by atoms with Gasteiger partial charge in [-0.1, -0.05) is 0 Å². The third-order valence-corrected chi connectivity index (χ3v) is 0.850. The molecule has 0 bridgehead atoms. The van der Waals surface area contributed by atoms with Crippen molar-refractivity contribution in [1.29, 1.82) is 5.26 Å². The van der Waals surface area contributed by atoms with Crippen molar-refractivity contribution in [2.45, 2.75) is 12.4 Å². The molecule has 0 aliphatic carbocycles. The van der Waals surface area contributed by atoms with Crippen molar-refractivity contribution in [2.24, 2.45) is 0 Å². The molecule has 0 saturated heterocycles. The van der Waals surface area contributed by atoms with Crippen LogP contribution in [0.3, 0.4) is 0 Å². The number of hydrogen-bond donors (Lipinski definition) is 0. The van der Waals surface area contributed by atoms with Gasteiger partial charge in [0, 0.05) is 6.92 Å². The SMILES string of the molecule is CC#N.O=S(=O)([O-])C(F)(F)F.[Cu+]. The van der Waals surface area contributed by atoms with Crippen LogP contribution < -0.4 is 0 Å². The molecule has 0 aromatic heterocycles. The monoisotopic (exact) mass is 253 g/mol. The Labute approximate surface area is 77.6 Å². The molecule has 0 fully saturated rings. The molecular weight excluding hydrogens is 251 g/mol. The Morgan fingerprint density at radius 3 is 1.50 bits per heavy atom. The molecule has 0 radical (unpaired) electrons. The van der Waals surface area contributed by atoms with E-state index in [2.05, 4.69) is 0 Å². The minimum atomic E-state index is -6.09. The molecule has 0 saturated carbocycles. The molecule has 0 heterocycles. The van der Waals surface area contributed by atoms with Crippen LogP contribution in [0.4, 0.5) is 13.2 Å². The molecule has 4 nitrogen and oxygen atoms in total. The molecule has 0 amide bonds. The Bertz CT molecular complexity index is 240. The predicted octanol–water partition coefficient (Wildman–Crippen LogP) is 0.579. The van der Waals surface area contributed by atoms with Crippen molar-refractivity contribution in [1.82, 2.24) is 0 Å². The van der Waals surface area contributed by atoms with Gasteiger partial charge in [-0.2, -0.15) is 18.4 Å². The number of nitriles is 1. The largest absolute Gasteiger partial charge is 1.00 e. The molecule has 76 valence electrons. The summed E-state index contributed by atoms with van der Waals surface area (Å²) in [4.78, 5) is 0. The minimum absolute atomic E-state index is 0. The zero-order valence-corrected chi connectivity index (χ0v) is 7.27. The maximum Gasteiger partial charge on any atom is 1.00 e. The molecule has 0 spiro atoms. The molecule has 0 rings (SSSR count). The summed E-state index contributed by atoms with van der Waals surface area (Å²) in [5, 5.41) is 7.32. The van der Waals surface area contributed by atoms with Gasteiger partial charge in [0.2, 0.25) is 0 Å². The van der Waals surface area contributed by atoms with Crippen molar-refractivity contribution >= 4 is 10.1 Å². The van der Waals surface area contributed by atoms with E-state index < -0.39 is 15.6 Å². The van der Waals surface area contributed by atoms with E-state index in [0.717, 1.165) is 0 Å². The first-order chi connectivity index (χ1) is 4.66. The van der Waals surface area contributed by atoms with E-state index in [1.807, 2.05) is 0 Å². The van der Waals surface area contributed by atoms with Gasteiger partial charge in [0.1, 0.15) is 0 Å². The van der Waals surface area contributed by atoms with Crippen molar-refractivity contribution in [2.75, 3.05) is 0 Å². The van der Waals surface area contributed by atoms with Gasteiger partial charge in [0.05, 0.1) is 6.07 Å². The van der Waals surface area contributed by atoms with Crippen molar-refractivity contribution in [3.05, 3.63) is 0 Å². The van der Waals surface area contributed by atoms with Gasteiger partial charge in [-0.25, -0.2) is 8.42 Å². The van der Waals surface area contributed by atoms with Crippen LogP contribution in [-0.2, 0) is 27.2 Å². The molecule has 0 N–H and O–H groups in total. The number of alkyl halides is 3. The second-order valence-electron chi connectivity index (χ2n) is 1.12. The third kappa shape index (κ3) is 9.71. The van der Waals surface area contributed by atoms with Gasteiger partial charge < -0.3 is 4.55 Å². The summed E-state index contributed by atoms with van der Waals surface area (Å²) in [6.45, 7) is 1.43. The molecule has 0 aliphatic heterocycles. The Morgan fingerprint density at radius 2 is 1.50 bits per heavy atom. The van der Waals surface area contributed by atoms with Gasteiger partial charge in [0.15, 0.2) is 10.1 Å². The number of hydrogen-bond acceptors (Lipinski definition) is 4. The zero-order chi connectivity index (χ0) is 9.71. The quantitative estimate of drug-likeness (QED) is 0.359. The van der Waals surface area contributed by atoms with Gasteiger partial charge in [-0.05, 0) is 0 Å². The molecule has 0 aliphatic rings. The van der Waals surface area contributed by atoms with E-state index in [9.17, 15) is 13.2 Å². The zero-order valence-electron chi connectivity index (χ0n) is 5.52. The van der Waals surface area contributed by atoms with Gasteiger partial charge in [-0.3, -0.25) is 0 Å². The van der Waals surface area contributed by atoms with Crippen LogP contribution in [-0.4, -0.2) is 18.5 Å². The predicted molar refractivity (Wildman–Crippen MR) is 27.0 cm³/mol. The second kappa shape index (κ2) is 6.25. The normalized spacial score (nSPS) is 10.0. The van der Waals surface area contributed by atoms with E-state index in [1.165, 1.54) is 6.92 Å². The fourth-order valence-corrected chi connectivity index (χ4v) is 0. The summed E-state index contributed by atoms with van der Waals surface area (Å²) in [6, 6.07) is 1.75.